The number of nitrogens with zero attached hydrogens (tertiary/aromatic N) is 3. The van der Waals surface area contributed by atoms with Crippen LogP contribution >= 0.6 is 0 Å². The highest BCUT2D eigenvalue weighted by atomic mass is 16.5. The summed E-state index contributed by atoms with van der Waals surface area (Å²) >= 11 is 0. The molecule has 0 aliphatic carbocycles. The van der Waals surface area contributed by atoms with Gasteiger partial charge in [-0.2, -0.15) is 0 Å². The molecule has 0 spiro atoms. The van der Waals surface area contributed by atoms with Gasteiger partial charge in [0.25, 0.3) is 0 Å². The van der Waals surface area contributed by atoms with Gasteiger partial charge in [0.2, 0.25) is 0 Å². The second kappa shape index (κ2) is 8.03. The number of anilines is 3. The van der Waals surface area contributed by atoms with Crippen LogP contribution in [0, 0.1) is 12.8 Å². The Balaban J connectivity index is 1.76. The SMILES string of the molecule is COC(=O)c1cccc(Nc2cc(N3CCC(C(=O)O)CC3)nc(C)n2)c1. The normalized spacial score (nSPS) is 14.7. The van der Waals surface area contributed by atoms with Crippen molar-refractivity contribution in [1.29, 1.82) is 0 Å². The number of aliphatic carboxylic acids is 1. The highest BCUT2D eigenvalue weighted by molar-refractivity contribution is 5.90. The fourth-order valence-corrected chi connectivity index (χ4v) is 3.12. The Morgan fingerprint density at radius 3 is 2.63 bits per heavy atom. The number of hydrogen-bond donors (Lipinski definition) is 2. The highest BCUT2D eigenvalue weighted by Gasteiger charge is 2.25. The van der Waals surface area contributed by atoms with Crippen molar-refractivity contribution in [3.63, 3.8) is 0 Å². The molecule has 1 aliphatic rings. The number of piperidine rings is 1. The zero-order valence-corrected chi connectivity index (χ0v) is 15.3. The average molecular weight is 370 g/mol. The van der Waals surface area contributed by atoms with Crippen LogP contribution < -0.4 is 10.2 Å². The minimum absolute atomic E-state index is 0.289. The van der Waals surface area contributed by atoms with E-state index in [9.17, 15) is 9.59 Å². The van der Waals surface area contributed by atoms with E-state index < -0.39 is 11.9 Å². The van der Waals surface area contributed by atoms with Gasteiger partial charge in [0, 0.05) is 24.8 Å². The van der Waals surface area contributed by atoms with Gasteiger partial charge in [-0.05, 0) is 38.0 Å². The largest absolute Gasteiger partial charge is 0.481 e. The van der Waals surface area contributed by atoms with Crippen LogP contribution in [0.5, 0.6) is 0 Å². The Kier molecular flexibility index (Phi) is 5.54. The van der Waals surface area contributed by atoms with E-state index in [1.807, 2.05) is 19.1 Å². The number of aryl methyl sites for hydroxylation is 1. The molecule has 0 radical (unpaired) electrons. The number of methoxy groups -OCH3 is 1. The maximum atomic E-state index is 11.7. The van der Waals surface area contributed by atoms with Crippen LogP contribution in [0.2, 0.25) is 0 Å². The average Bonchev–Trinajstić information content (AvgIpc) is 2.67. The first-order valence-corrected chi connectivity index (χ1v) is 8.75. The molecule has 8 nitrogen and oxygen atoms in total. The first-order chi connectivity index (χ1) is 13.0. The van der Waals surface area contributed by atoms with E-state index in [1.165, 1.54) is 7.11 Å². The molecule has 3 rings (SSSR count). The van der Waals surface area contributed by atoms with Crippen LogP contribution in [0.25, 0.3) is 0 Å². The monoisotopic (exact) mass is 370 g/mol. The van der Waals surface area contributed by atoms with Gasteiger partial charge in [-0.25, -0.2) is 14.8 Å². The molecule has 0 saturated carbocycles. The van der Waals surface area contributed by atoms with Crippen LogP contribution in [-0.4, -0.2) is 47.2 Å². The predicted octanol–water partition coefficient (Wildman–Crippen LogP) is 2.62. The number of carbonyl (C=O) groups excluding carboxylic acids is 1. The van der Waals surface area contributed by atoms with Crippen molar-refractivity contribution in [3.8, 4) is 0 Å². The second-order valence-corrected chi connectivity index (χ2v) is 6.46. The Bertz CT molecular complexity index is 847. The lowest BCUT2D eigenvalue weighted by Crippen LogP contribution is -2.36. The quantitative estimate of drug-likeness (QED) is 0.774. The topological polar surface area (TPSA) is 105 Å². The lowest BCUT2D eigenvalue weighted by molar-refractivity contribution is -0.142. The lowest BCUT2D eigenvalue weighted by atomic mass is 9.97. The third-order valence-electron chi connectivity index (χ3n) is 4.55. The number of carbonyl (C=O) groups is 2. The number of esters is 1. The van der Waals surface area contributed by atoms with E-state index in [4.69, 9.17) is 9.84 Å². The first kappa shape index (κ1) is 18.6. The minimum Gasteiger partial charge on any atom is -0.481 e. The summed E-state index contributed by atoms with van der Waals surface area (Å²) in [5.41, 5.74) is 1.16. The number of carboxylic acids is 1. The standard InChI is InChI=1S/C19H22N4O4/c1-12-20-16(22-15-5-3-4-14(10-15)19(26)27-2)11-17(21-12)23-8-6-13(7-9-23)18(24)25/h3-5,10-11,13H,6-9H2,1-2H3,(H,24,25)(H,20,21,22). The maximum absolute atomic E-state index is 11.7. The molecule has 2 N–H and O–H groups in total. The smallest absolute Gasteiger partial charge is 0.337 e. The van der Waals surface area contributed by atoms with Crippen molar-refractivity contribution in [2.45, 2.75) is 19.8 Å². The van der Waals surface area contributed by atoms with E-state index in [2.05, 4.69) is 20.2 Å². The van der Waals surface area contributed by atoms with Gasteiger partial charge in [-0.15, -0.1) is 0 Å². The van der Waals surface area contributed by atoms with Gasteiger partial charge in [0.05, 0.1) is 18.6 Å². The summed E-state index contributed by atoms with van der Waals surface area (Å²) in [7, 11) is 1.34. The van der Waals surface area contributed by atoms with E-state index in [1.54, 1.807) is 18.2 Å². The molecule has 0 unspecified atom stereocenters. The van der Waals surface area contributed by atoms with Crippen LogP contribution in [0.1, 0.15) is 29.0 Å². The Morgan fingerprint density at radius 1 is 1.22 bits per heavy atom. The van der Waals surface area contributed by atoms with Crippen LogP contribution in [0.4, 0.5) is 17.3 Å². The van der Waals surface area contributed by atoms with Crippen molar-refractivity contribution in [3.05, 3.63) is 41.7 Å². The molecule has 27 heavy (non-hydrogen) atoms. The molecule has 2 aromatic rings. The summed E-state index contributed by atoms with van der Waals surface area (Å²) in [5.74, 6) is 0.557. The molecule has 142 valence electrons. The molecule has 8 heteroatoms. The number of nitrogens with one attached hydrogen (secondary N) is 1. The number of aromatic nitrogens is 2. The molecular weight excluding hydrogens is 348 g/mol. The van der Waals surface area contributed by atoms with Gasteiger partial charge >= 0.3 is 11.9 Å². The first-order valence-electron chi connectivity index (χ1n) is 8.75. The summed E-state index contributed by atoms with van der Waals surface area (Å²) < 4.78 is 4.74. The van der Waals surface area contributed by atoms with E-state index in [-0.39, 0.29) is 5.92 Å². The lowest BCUT2D eigenvalue weighted by Gasteiger charge is -2.31. The third kappa shape index (κ3) is 4.52. The second-order valence-electron chi connectivity index (χ2n) is 6.46. The highest BCUT2D eigenvalue weighted by Crippen LogP contribution is 2.25. The number of rotatable bonds is 5. The molecule has 0 bridgehead atoms. The zero-order valence-electron chi connectivity index (χ0n) is 15.3. The Hall–Kier alpha value is -3.16. The van der Waals surface area contributed by atoms with Crippen molar-refractivity contribution in [2.24, 2.45) is 5.92 Å². The van der Waals surface area contributed by atoms with Crippen molar-refractivity contribution < 1.29 is 19.4 Å². The van der Waals surface area contributed by atoms with Crippen molar-refractivity contribution >= 4 is 29.3 Å². The molecule has 1 aromatic heterocycles. The minimum atomic E-state index is -0.735. The number of benzene rings is 1. The number of hydrogen-bond acceptors (Lipinski definition) is 7. The van der Waals surface area contributed by atoms with E-state index in [0.29, 0.717) is 48.8 Å². The molecule has 1 aromatic carbocycles. The zero-order chi connectivity index (χ0) is 19.4. The maximum Gasteiger partial charge on any atom is 0.337 e. The summed E-state index contributed by atoms with van der Waals surface area (Å²) in [6, 6.07) is 8.81. The van der Waals surface area contributed by atoms with E-state index in [0.717, 1.165) is 5.82 Å². The molecular formula is C19H22N4O4. The van der Waals surface area contributed by atoms with Gasteiger partial charge in [-0.3, -0.25) is 4.79 Å². The van der Waals surface area contributed by atoms with Crippen LogP contribution in [0.3, 0.4) is 0 Å². The van der Waals surface area contributed by atoms with Gasteiger partial charge < -0.3 is 20.1 Å². The van der Waals surface area contributed by atoms with Crippen LogP contribution in [0.15, 0.2) is 30.3 Å². The summed E-state index contributed by atoms with van der Waals surface area (Å²) in [6.07, 6.45) is 1.20. The molecule has 1 aliphatic heterocycles. The Labute approximate surface area is 157 Å². The van der Waals surface area contributed by atoms with Crippen molar-refractivity contribution in [1.82, 2.24) is 9.97 Å². The summed E-state index contributed by atoms with van der Waals surface area (Å²) in [6.45, 7) is 3.10. The predicted molar refractivity (Wildman–Crippen MR) is 100 cm³/mol. The third-order valence-corrected chi connectivity index (χ3v) is 4.55. The van der Waals surface area contributed by atoms with E-state index >= 15 is 0 Å². The summed E-state index contributed by atoms with van der Waals surface area (Å²) in [5, 5.41) is 12.3. The molecule has 0 amide bonds. The van der Waals surface area contributed by atoms with Gasteiger partial charge in [0.1, 0.15) is 17.5 Å². The Morgan fingerprint density at radius 2 is 1.96 bits per heavy atom. The molecule has 1 fully saturated rings. The molecule has 1 saturated heterocycles. The van der Waals surface area contributed by atoms with Crippen molar-refractivity contribution in [2.75, 3.05) is 30.4 Å². The molecule has 2 heterocycles. The van der Waals surface area contributed by atoms with Gasteiger partial charge in [-0.1, -0.05) is 6.07 Å². The number of carboxylic acid groups (broad SMARTS) is 1. The molecule has 0 atom stereocenters. The fraction of sp³-hybridized carbons (Fsp3) is 0.368. The fourth-order valence-electron chi connectivity index (χ4n) is 3.12. The van der Waals surface area contributed by atoms with Gasteiger partial charge in [0.15, 0.2) is 0 Å². The van der Waals surface area contributed by atoms with Crippen LogP contribution in [-0.2, 0) is 9.53 Å². The number of ether oxygens (including phenoxy) is 1. The summed E-state index contributed by atoms with van der Waals surface area (Å²) in [4.78, 5) is 33.8.